The molecule has 0 fully saturated rings. The molecule has 88 valence electrons. The first-order chi connectivity index (χ1) is 8.15. The molecule has 0 radical (unpaired) electrons. The predicted octanol–water partition coefficient (Wildman–Crippen LogP) is 0.355. The summed E-state index contributed by atoms with van der Waals surface area (Å²) in [4.78, 5) is 34.9. The molecule has 0 bridgehead atoms. The van der Waals surface area contributed by atoms with Crippen LogP contribution in [0.4, 0.5) is 4.79 Å². The molecule has 1 heterocycles. The average Bonchev–Trinajstić information content (AvgIpc) is 2.60. The maximum absolute atomic E-state index is 11.7. The molecule has 17 heavy (non-hydrogen) atoms. The van der Waals surface area contributed by atoms with Crippen LogP contribution in [0.1, 0.15) is 20.7 Å². The molecule has 0 saturated carbocycles. The van der Waals surface area contributed by atoms with Crippen LogP contribution in [-0.2, 0) is 4.74 Å². The summed E-state index contributed by atoms with van der Waals surface area (Å²) >= 11 is 0. The summed E-state index contributed by atoms with van der Waals surface area (Å²) in [5, 5.41) is 8.20. The number of fused-ring (bicyclic) bond motifs is 1. The second kappa shape index (κ2) is 4.22. The Morgan fingerprint density at radius 3 is 2.24 bits per heavy atom. The molecule has 0 atom stereocenters. The molecule has 3 amide bonds. The molecule has 7 heteroatoms. The lowest BCUT2D eigenvalue weighted by Gasteiger charge is -2.12. The van der Waals surface area contributed by atoms with Crippen molar-refractivity contribution < 1.29 is 24.3 Å². The first kappa shape index (κ1) is 11.1. The molecule has 2 N–H and O–H groups in total. The van der Waals surface area contributed by atoms with E-state index in [2.05, 4.69) is 4.74 Å². The highest BCUT2D eigenvalue weighted by Crippen LogP contribution is 2.21. The smallest absolute Gasteiger partial charge is 0.426 e. The van der Waals surface area contributed by atoms with E-state index in [1.807, 2.05) is 0 Å². The zero-order valence-electron chi connectivity index (χ0n) is 8.54. The number of rotatable bonds is 2. The number of imide groups is 1. The van der Waals surface area contributed by atoms with Gasteiger partial charge in [-0.05, 0) is 12.1 Å². The van der Waals surface area contributed by atoms with E-state index in [1.165, 1.54) is 17.6 Å². The van der Waals surface area contributed by atoms with Gasteiger partial charge in [-0.1, -0.05) is 12.1 Å². The molecular formula is C10H8N2O5. The third-order valence-electron chi connectivity index (χ3n) is 2.29. The molecule has 7 nitrogen and oxygen atoms in total. The van der Waals surface area contributed by atoms with Gasteiger partial charge in [-0.3, -0.25) is 14.8 Å². The van der Waals surface area contributed by atoms with Crippen LogP contribution in [0.2, 0.25) is 0 Å². The van der Waals surface area contributed by atoms with E-state index in [1.54, 1.807) is 12.1 Å². The molecular weight excluding hydrogens is 228 g/mol. The predicted molar refractivity (Wildman–Crippen MR) is 53.2 cm³/mol. The van der Waals surface area contributed by atoms with Crippen molar-refractivity contribution in [1.29, 1.82) is 0 Å². The highest BCUT2D eigenvalue weighted by Gasteiger charge is 2.35. The lowest BCUT2D eigenvalue weighted by molar-refractivity contribution is 0.0331. The molecule has 1 aromatic rings. The molecule has 2 rings (SSSR count). The van der Waals surface area contributed by atoms with Crippen LogP contribution in [0, 0.1) is 0 Å². The lowest BCUT2D eigenvalue weighted by Crippen LogP contribution is -2.35. The summed E-state index contributed by atoms with van der Waals surface area (Å²) in [7, 11) is 0. The van der Waals surface area contributed by atoms with Crippen molar-refractivity contribution in [1.82, 2.24) is 10.4 Å². The van der Waals surface area contributed by atoms with Crippen molar-refractivity contribution >= 4 is 17.9 Å². The van der Waals surface area contributed by atoms with Crippen molar-refractivity contribution in [3.05, 3.63) is 35.4 Å². The van der Waals surface area contributed by atoms with Crippen LogP contribution in [-0.4, -0.2) is 34.7 Å². The minimum atomic E-state index is -1.14. The number of carbonyl (C=O) groups is 3. The number of benzene rings is 1. The topological polar surface area (TPSA) is 95.9 Å². The summed E-state index contributed by atoms with van der Waals surface area (Å²) in [5.41, 5.74) is 1.77. The zero-order chi connectivity index (χ0) is 12.4. The minimum absolute atomic E-state index is 0.269. The molecule has 0 aromatic heterocycles. The highest BCUT2D eigenvalue weighted by atomic mass is 16.6. The molecule has 1 aliphatic heterocycles. The van der Waals surface area contributed by atoms with E-state index in [-0.39, 0.29) is 11.1 Å². The van der Waals surface area contributed by atoms with Crippen LogP contribution in [0.25, 0.3) is 0 Å². The van der Waals surface area contributed by atoms with E-state index in [4.69, 9.17) is 5.21 Å². The van der Waals surface area contributed by atoms with Gasteiger partial charge in [0.05, 0.1) is 11.1 Å². The first-order valence-electron chi connectivity index (χ1n) is 4.67. The van der Waals surface area contributed by atoms with Gasteiger partial charge in [0, 0.05) is 0 Å². The molecule has 0 saturated heterocycles. The SMILES string of the molecule is O=C(NO)OCN1C(=O)c2ccccc2C1=O. The summed E-state index contributed by atoms with van der Waals surface area (Å²) in [6, 6.07) is 6.30. The van der Waals surface area contributed by atoms with E-state index >= 15 is 0 Å². The number of hydroxylamine groups is 1. The number of hydrogen-bond donors (Lipinski definition) is 2. The van der Waals surface area contributed by atoms with Crippen LogP contribution < -0.4 is 5.48 Å². The third-order valence-corrected chi connectivity index (χ3v) is 2.29. The fourth-order valence-corrected chi connectivity index (χ4v) is 1.51. The van der Waals surface area contributed by atoms with Crippen LogP contribution in [0.3, 0.4) is 0 Å². The average molecular weight is 236 g/mol. The quantitative estimate of drug-likeness (QED) is 0.439. The molecule has 0 unspecified atom stereocenters. The van der Waals surface area contributed by atoms with Crippen molar-refractivity contribution in [3.63, 3.8) is 0 Å². The fourth-order valence-electron chi connectivity index (χ4n) is 1.51. The highest BCUT2D eigenvalue weighted by molar-refractivity contribution is 6.21. The molecule has 0 aliphatic carbocycles. The number of hydrogen-bond acceptors (Lipinski definition) is 5. The number of nitrogens with zero attached hydrogens (tertiary/aromatic N) is 1. The molecule has 0 spiro atoms. The Bertz CT molecular complexity index is 464. The fraction of sp³-hybridized carbons (Fsp3) is 0.100. The van der Waals surface area contributed by atoms with E-state index < -0.39 is 24.6 Å². The van der Waals surface area contributed by atoms with Gasteiger partial charge in [0.1, 0.15) is 0 Å². The van der Waals surface area contributed by atoms with Crippen LogP contribution in [0.5, 0.6) is 0 Å². The first-order valence-corrected chi connectivity index (χ1v) is 4.67. The Labute approximate surface area is 95.5 Å². The van der Waals surface area contributed by atoms with Crippen molar-refractivity contribution in [2.45, 2.75) is 0 Å². The van der Waals surface area contributed by atoms with Gasteiger partial charge in [0.15, 0.2) is 6.73 Å². The minimum Gasteiger partial charge on any atom is -0.426 e. The van der Waals surface area contributed by atoms with Gasteiger partial charge >= 0.3 is 6.09 Å². The Morgan fingerprint density at radius 1 is 1.24 bits per heavy atom. The van der Waals surface area contributed by atoms with Gasteiger partial charge in [0.2, 0.25) is 0 Å². The van der Waals surface area contributed by atoms with Gasteiger partial charge in [-0.25, -0.2) is 15.2 Å². The Balaban J connectivity index is 2.16. The normalized spacial score (nSPS) is 13.6. The Hall–Kier alpha value is -2.41. The van der Waals surface area contributed by atoms with Gasteiger partial charge in [-0.2, -0.15) is 0 Å². The summed E-state index contributed by atoms with van der Waals surface area (Å²) < 4.78 is 4.43. The van der Waals surface area contributed by atoms with Gasteiger partial charge in [-0.15, -0.1) is 0 Å². The molecule has 1 aliphatic rings. The number of carbonyl (C=O) groups excluding carboxylic acids is 3. The largest absolute Gasteiger partial charge is 0.432 e. The van der Waals surface area contributed by atoms with Crippen molar-refractivity contribution in [2.24, 2.45) is 0 Å². The number of ether oxygens (including phenoxy) is 1. The maximum atomic E-state index is 11.7. The zero-order valence-corrected chi connectivity index (χ0v) is 8.54. The summed E-state index contributed by atoms with van der Waals surface area (Å²) in [5.74, 6) is -1.06. The Morgan fingerprint density at radius 2 is 1.76 bits per heavy atom. The maximum Gasteiger partial charge on any atom is 0.432 e. The third kappa shape index (κ3) is 1.83. The van der Waals surface area contributed by atoms with E-state index in [0.29, 0.717) is 0 Å². The van der Waals surface area contributed by atoms with E-state index in [0.717, 1.165) is 4.90 Å². The monoisotopic (exact) mass is 236 g/mol. The Kier molecular flexibility index (Phi) is 2.75. The lowest BCUT2D eigenvalue weighted by atomic mass is 10.1. The van der Waals surface area contributed by atoms with Crippen LogP contribution in [0.15, 0.2) is 24.3 Å². The van der Waals surface area contributed by atoms with Gasteiger partial charge in [0.25, 0.3) is 11.8 Å². The summed E-state index contributed by atoms with van der Waals surface area (Å²) in [6.07, 6.45) is -1.14. The second-order valence-corrected chi connectivity index (χ2v) is 3.26. The van der Waals surface area contributed by atoms with E-state index in [9.17, 15) is 14.4 Å². The number of nitrogens with one attached hydrogen (secondary N) is 1. The standard InChI is InChI=1S/C10H8N2O5/c13-8-6-3-1-2-4-7(6)9(14)12(8)5-17-10(15)11-16/h1-4,16H,5H2,(H,11,15). The van der Waals surface area contributed by atoms with Crippen molar-refractivity contribution in [2.75, 3.05) is 6.73 Å². The van der Waals surface area contributed by atoms with Crippen LogP contribution >= 0.6 is 0 Å². The van der Waals surface area contributed by atoms with Crippen molar-refractivity contribution in [3.8, 4) is 0 Å². The van der Waals surface area contributed by atoms with Gasteiger partial charge < -0.3 is 4.74 Å². The second-order valence-electron chi connectivity index (χ2n) is 3.26. The summed E-state index contributed by atoms with van der Waals surface area (Å²) in [6.45, 7) is -0.543. The number of amides is 3. The molecule has 1 aromatic carbocycles.